The van der Waals surface area contributed by atoms with Crippen molar-refractivity contribution < 1.29 is 18.2 Å². The van der Waals surface area contributed by atoms with E-state index >= 15 is 0 Å². The molecule has 0 spiro atoms. The van der Waals surface area contributed by atoms with E-state index in [1.165, 1.54) is 0 Å². The summed E-state index contributed by atoms with van der Waals surface area (Å²) in [6.07, 6.45) is 0. The molecule has 3 N–H and O–H groups in total. The van der Waals surface area contributed by atoms with Crippen LogP contribution in [0.5, 0.6) is 0 Å². The average molecular weight is 138 g/mol. The van der Waals surface area contributed by atoms with Crippen molar-refractivity contribution in [1.29, 1.82) is 0 Å². The molecular weight excluding hydrogens is 127 g/mol. The second-order valence-electron chi connectivity index (χ2n) is 0.519. The van der Waals surface area contributed by atoms with Crippen LogP contribution >= 0.6 is 9.90 Å². The second-order valence-corrected chi connectivity index (χ2v) is 0.519. The Morgan fingerprint density at radius 1 is 1.71 bits per heavy atom. The largest absolute Gasteiger partial charge is 2.00 e. The van der Waals surface area contributed by atoms with Crippen LogP contribution in [0.4, 0.5) is 0 Å². The Kier molecular flexibility index (Phi) is 58.0. The van der Waals surface area contributed by atoms with E-state index in [2.05, 4.69) is 0 Å². The summed E-state index contributed by atoms with van der Waals surface area (Å²) in [5.74, 6) is -0.833. The molecule has 0 saturated heterocycles. The maximum Gasteiger partial charge on any atom is 2.00 e. The summed E-state index contributed by atoms with van der Waals surface area (Å²) in [5.41, 5.74) is 0. The molecule has 0 aromatic rings. The van der Waals surface area contributed by atoms with E-state index in [4.69, 9.17) is 9.90 Å². The number of carbonyl (C=O) groups is 1. The minimum absolute atomic E-state index is 0. The molecule has 0 bridgehead atoms. The monoisotopic (exact) mass is 138 g/mol. The van der Waals surface area contributed by atoms with Gasteiger partial charge in [-0.3, -0.25) is 4.79 Å². The van der Waals surface area contributed by atoms with E-state index in [-0.39, 0.29) is 41.3 Å². The fourth-order valence-corrected chi connectivity index (χ4v) is 0. The van der Waals surface area contributed by atoms with Crippen LogP contribution in [0.3, 0.4) is 0 Å². The van der Waals surface area contributed by atoms with Gasteiger partial charge in [-0.25, -0.2) is 0 Å². The molecule has 0 radical (unpaired) electrons. The van der Waals surface area contributed by atoms with E-state index in [1.807, 2.05) is 0 Å². The molecule has 7 heavy (non-hydrogen) atoms. The Balaban J connectivity index is -0.00000000450. The number of carboxylic acid groups (broad SMARTS) is 1. The van der Waals surface area contributed by atoms with Crippen molar-refractivity contribution in [2.24, 2.45) is 0 Å². The third kappa shape index (κ3) is 362. The summed E-state index contributed by atoms with van der Waals surface area (Å²) in [5, 5.41) is 7.42. The molecule has 1 atom stereocenters. The third-order valence-electron chi connectivity index (χ3n) is 0. The molecule has 0 fully saturated rings. The van der Waals surface area contributed by atoms with Gasteiger partial charge in [-0.05, 0) is 0 Å². The van der Waals surface area contributed by atoms with Crippen molar-refractivity contribution in [1.82, 2.24) is 0 Å². The Bertz CT molecular complexity index is 42.8. The van der Waals surface area contributed by atoms with E-state index < -0.39 is 5.97 Å². The van der Waals surface area contributed by atoms with Crippen LogP contribution in [0.1, 0.15) is 9.78 Å². The molecular formula is C2H11MgO3P. The molecule has 0 heterocycles. The summed E-state index contributed by atoms with van der Waals surface area (Å²) in [6.45, 7) is 1.08. The average Bonchev–Trinajstić information content (AvgIpc) is 0.811. The summed E-state index contributed by atoms with van der Waals surface area (Å²) in [6, 6.07) is 0. The van der Waals surface area contributed by atoms with Crippen molar-refractivity contribution in [3.8, 4) is 0 Å². The first kappa shape index (κ1) is 25.5. The van der Waals surface area contributed by atoms with Crippen LogP contribution in [0.25, 0.3) is 0 Å². The number of rotatable bonds is 0. The van der Waals surface area contributed by atoms with Gasteiger partial charge in [-0.15, -0.1) is 0 Å². The Morgan fingerprint density at radius 2 is 1.71 bits per heavy atom. The van der Waals surface area contributed by atoms with Gasteiger partial charge in [-0.1, -0.05) is 0 Å². The molecule has 3 nitrogen and oxygen atoms in total. The first-order chi connectivity index (χ1) is 1.73. The van der Waals surface area contributed by atoms with Crippen molar-refractivity contribution in [3.63, 3.8) is 0 Å². The zero-order valence-electron chi connectivity index (χ0n) is 6.27. The second kappa shape index (κ2) is 16.0. The van der Waals surface area contributed by atoms with Crippen LogP contribution in [-0.2, 0) is 4.79 Å². The van der Waals surface area contributed by atoms with Crippen molar-refractivity contribution in [2.45, 2.75) is 6.92 Å². The van der Waals surface area contributed by atoms with Crippen molar-refractivity contribution in [2.75, 3.05) is 0 Å². The van der Waals surface area contributed by atoms with Gasteiger partial charge < -0.3 is 13.4 Å². The van der Waals surface area contributed by atoms with Gasteiger partial charge in [0.2, 0.25) is 0 Å². The van der Waals surface area contributed by atoms with Gasteiger partial charge >= 0.3 is 23.1 Å². The normalized spacial score (nSPS) is 3.57. The molecule has 0 saturated carbocycles. The van der Waals surface area contributed by atoms with Crippen LogP contribution < -0.4 is 0 Å². The fraction of sp³-hybridized carbons (Fsp3) is 0.500. The van der Waals surface area contributed by atoms with Crippen LogP contribution in [0, 0.1) is 0 Å². The topological polar surface area (TPSA) is 68.8 Å². The van der Waals surface area contributed by atoms with Gasteiger partial charge in [0.1, 0.15) is 0 Å². The zero-order valence-corrected chi connectivity index (χ0v) is 7.10. The molecule has 0 amide bonds. The summed E-state index contributed by atoms with van der Waals surface area (Å²) in [4.78, 5) is 9.00. The number of carboxylic acids is 1. The van der Waals surface area contributed by atoms with E-state index in [0.29, 0.717) is 0 Å². The summed E-state index contributed by atoms with van der Waals surface area (Å²) < 4.78 is 0. The smallest absolute Gasteiger partial charge is 1.00 e. The third-order valence-corrected chi connectivity index (χ3v) is 0. The predicted octanol–water partition coefficient (Wildman–Crippen LogP) is -0.832. The number of hydrogen-bond donors (Lipinski definition) is 1. The summed E-state index contributed by atoms with van der Waals surface area (Å²) >= 11 is 0. The first-order valence-corrected chi connectivity index (χ1v) is 0.928. The van der Waals surface area contributed by atoms with Gasteiger partial charge in [0.15, 0.2) is 0 Å². The minimum Gasteiger partial charge on any atom is -1.00 e. The maximum absolute atomic E-state index is 9.00. The fourth-order valence-electron chi connectivity index (χ4n) is 0. The molecule has 0 aliphatic carbocycles. The Labute approximate surface area is 64.5 Å². The van der Waals surface area contributed by atoms with Crippen molar-refractivity contribution in [3.05, 3.63) is 0 Å². The SMILES string of the molecule is CC(=O)O.O.P.[H-].[H-].[Mg+2]. The van der Waals surface area contributed by atoms with Gasteiger partial charge in [0.05, 0.1) is 0 Å². The zero-order chi connectivity index (χ0) is 3.58. The van der Waals surface area contributed by atoms with E-state index in [1.54, 1.807) is 0 Å². The molecule has 0 aliphatic rings. The standard InChI is InChI=1S/C2H4O2.Mg.H2O.H3P.2H/c1-2(3)4;;;;;/h1H3,(H,3,4);;1H2;1H3;;/q;+2;;;2*-1. The van der Waals surface area contributed by atoms with Gasteiger partial charge in [-0.2, -0.15) is 9.90 Å². The van der Waals surface area contributed by atoms with Crippen LogP contribution in [-0.4, -0.2) is 39.6 Å². The van der Waals surface area contributed by atoms with Gasteiger partial charge in [0.25, 0.3) is 5.97 Å². The summed E-state index contributed by atoms with van der Waals surface area (Å²) in [7, 11) is 0. The van der Waals surface area contributed by atoms with Crippen molar-refractivity contribution >= 4 is 38.9 Å². The molecule has 0 aliphatic heterocycles. The number of hydrogen-bond acceptors (Lipinski definition) is 1. The van der Waals surface area contributed by atoms with Gasteiger partial charge in [0, 0.05) is 6.92 Å². The predicted molar refractivity (Wildman–Crippen MR) is 36.0 cm³/mol. The van der Waals surface area contributed by atoms with Crippen LogP contribution in [0.2, 0.25) is 0 Å². The molecule has 0 rings (SSSR count). The Hall–Kier alpha value is 0.626. The van der Waals surface area contributed by atoms with E-state index in [0.717, 1.165) is 6.92 Å². The number of aliphatic carboxylic acids is 1. The molecule has 5 heteroatoms. The molecule has 0 aromatic carbocycles. The molecule has 1 unspecified atom stereocenters. The van der Waals surface area contributed by atoms with Crippen LogP contribution in [0.15, 0.2) is 0 Å². The quantitative estimate of drug-likeness (QED) is 0.351. The maximum atomic E-state index is 9.00. The Morgan fingerprint density at radius 3 is 1.71 bits per heavy atom. The van der Waals surface area contributed by atoms with E-state index in [9.17, 15) is 0 Å². The first-order valence-electron chi connectivity index (χ1n) is 0.928. The molecule has 44 valence electrons. The molecule has 0 aromatic heterocycles. The minimum atomic E-state index is -0.833.